The monoisotopic (exact) mass is 299 g/mol. The molecule has 1 unspecified atom stereocenters. The molecule has 0 radical (unpaired) electrons. The zero-order valence-corrected chi connectivity index (χ0v) is 11.1. The molecule has 0 aliphatic carbocycles. The molecule has 2 aliphatic rings. The van der Waals surface area contributed by atoms with Gasteiger partial charge < -0.3 is 5.32 Å². The number of amides is 5. The molecular formula is C13H9N5O4. The second kappa shape index (κ2) is 4.95. The summed E-state index contributed by atoms with van der Waals surface area (Å²) < 4.78 is 0. The number of Topliss-reactive ketones (excluding diaryl/α,β-unsaturated/α-hetero) is 1. The van der Waals surface area contributed by atoms with Gasteiger partial charge in [-0.15, -0.1) is 5.11 Å². The number of amidine groups is 1. The van der Waals surface area contributed by atoms with Gasteiger partial charge >= 0.3 is 12.1 Å². The molecule has 0 aromatic heterocycles. The van der Waals surface area contributed by atoms with Crippen molar-refractivity contribution in [1.29, 1.82) is 0 Å². The minimum Gasteiger partial charge on any atom is -0.313 e. The van der Waals surface area contributed by atoms with Crippen molar-refractivity contribution < 1.29 is 19.2 Å². The number of carbonyl (C=O) groups is 4. The molecule has 3 rings (SSSR count). The molecule has 0 spiro atoms. The van der Waals surface area contributed by atoms with Crippen LogP contribution in [0, 0.1) is 0 Å². The van der Waals surface area contributed by atoms with E-state index in [1.165, 1.54) is 0 Å². The second-order valence-corrected chi connectivity index (χ2v) is 4.70. The van der Waals surface area contributed by atoms with Crippen LogP contribution >= 0.6 is 0 Å². The lowest BCUT2D eigenvalue weighted by atomic mass is 9.87. The summed E-state index contributed by atoms with van der Waals surface area (Å²) in [4.78, 5) is 50.8. The topological polar surface area (TPSA) is 129 Å². The zero-order valence-electron chi connectivity index (χ0n) is 11.1. The Morgan fingerprint density at radius 2 is 1.77 bits per heavy atom. The quantitative estimate of drug-likeness (QED) is 0.800. The second-order valence-electron chi connectivity index (χ2n) is 4.70. The largest absolute Gasteiger partial charge is 0.360 e. The normalized spacial score (nSPS) is 23.3. The summed E-state index contributed by atoms with van der Waals surface area (Å²) in [5.41, 5.74) is -1.46. The van der Waals surface area contributed by atoms with Crippen LogP contribution in [0.15, 0.2) is 45.6 Å². The van der Waals surface area contributed by atoms with E-state index in [0.717, 1.165) is 0 Å². The van der Waals surface area contributed by atoms with Crippen molar-refractivity contribution in [3.63, 3.8) is 0 Å². The third-order valence-corrected chi connectivity index (χ3v) is 3.27. The molecule has 22 heavy (non-hydrogen) atoms. The molecule has 2 aliphatic heterocycles. The SMILES string of the molecule is O=C1N=C2N=NC(=O)NC2(CC(=O)c2ccccc2)C(=O)N1. The van der Waals surface area contributed by atoms with Crippen molar-refractivity contribution in [2.24, 2.45) is 15.2 Å². The van der Waals surface area contributed by atoms with E-state index in [4.69, 9.17) is 0 Å². The number of azo groups is 1. The lowest BCUT2D eigenvalue weighted by Crippen LogP contribution is -2.68. The maximum Gasteiger partial charge on any atom is 0.360 e. The summed E-state index contributed by atoms with van der Waals surface area (Å²) in [6.07, 6.45) is -0.417. The number of hydrogen-bond acceptors (Lipinski definition) is 5. The van der Waals surface area contributed by atoms with E-state index in [2.05, 4.69) is 20.5 Å². The van der Waals surface area contributed by atoms with E-state index in [-0.39, 0.29) is 5.84 Å². The summed E-state index contributed by atoms with van der Waals surface area (Å²) >= 11 is 0. The van der Waals surface area contributed by atoms with Crippen LogP contribution < -0.4 is 10.6 Å². The zero-order chi connectivity index (χ0) is 15.7. The van der Waals surface area contributed by atoms with Crippen molar-refractivity contribution >= 4 is 29.6 Å². The van der Waals surface area contributed by atoms with Gasteiger partial charge in [0.05, 0.1) is 6.42 Å². The highest BCUT2D eigenvalue weighted by Gasteiger charge is 2.52. The van der Waals surface area contributed by atoms with Crippen molar-refractivity contribution in [3.8, 4) is 0 Å². The first-order chi connectivity index (χ1) is 10.5. The maximum absolute atomic E-state index is 12.4. The molecule has 5 amide bonds. The van der Waals surface area contributed by atoms with E-state index < -0.39 is 35.7 Å². The van der Waals surface area contributed by atoms with Crippen LogP contribution in [0.5, 0.6) is 0 Å². The van der Waals surface area contributed by atoms with E-state index in [1.54, 1.807) is 30.3 Å². The lowest BCUT2D eigenvalue weighted by Gasteiger charge is -2.34. The number of urea groups is 2. The van der Waals surface area contributed by atoms with Crippen molar-refractivity contribution in [2.75, 3.05) is 0 Å². The molecule has 2 N–H and O–H groups in total. The number of fused-ring (bicyclic) bond motifs is 1. The molecule has 1 aromatic rings. The smallest absolute Gasteiger partial charge is 0.313 e. The first-order valence-electron chi connectivity index (χ1n) is 6.28. The van der Waals surface area contributed by atoms with Gasteiger partial charge in [0.2, 0.25) is 0 Å². The Hall–Kier alpha value is -3.23. The molecule has 1 aromatic carbocycles. The van der Waals surface area contributed by atoms with Crippen molar-refractivity contribution in [2.45, 2.75) is 12.0 Å². The first-order valence-corrected chi connectivity index (χ1v) is 6.28. The van der Waals surface area contributed by atoms with Crippen molar-refractivity contribution in [3.05, 3.63) is 35.9 Å². The van der Waals surface area contributed by atoms with Crippen LogP contribution in [-0.4, -0.2) is 35.1 Å². The van der Waals surface area contributed by atoms with Gasteiger partial charge in [-0.05, 0) is 0 Å². The Labute approximate surface area is 123 Å². The number of nitrogens with zero attached hydrogens (tertiary/aromatic N) is 3. The molecule has 0 saturated carbocycles. The Morgan fingerprint density at radius 1 is 1.05 bits per heavy atom. The number of ketones is 1. The third kappa shape index (κ3) is 2.18. The number of benzene rings is 1. The fourth-order valence-corrected chi connectivity index (χ4v) is 2.22. The molecular weight excluding hydrogens is 290 g/mol. The summed E-state index contributed by atoms with van der Waals surface area (Å²) in [6, 6.07) is 6.43. The highest BCUT2D eigenvalue weighted by molar-refractivity contribution is 6.26. The van der Waals surface area contributed by atoms with E-state index >= 15 is 0 Å². The molecule has 0 fully saturated rings. The Kier molecular flexibility index (Phi) is 3.09. The Bertz CT molecular complexity index is 755. The van der Waals surface area contributed by atoms with Gasteiger partial charge in [-0.2, -0.15) is 4.99 Å². The fourth-order valence-electron chi connectivity index (χ4n) is 2.22. The number of hydrogen-bond donors (Lipinski definition) is 2. The van der Waals surface area contributed by atoms with Crippen LogP contribution in [0.3, 0.4) is 0 Å². The highest BCUT2D eigenvalue weighted by atomic mass is 16.2. The van der Waals surface area contributed by atoms with Gasteiger partial charge in [-0.25, -0.2) is 9.59 Å². The van der Waals surface area contributed by atoms with Gasteiger partial charge in [-0.3, -0.25) is 14.9 Å². The minimum atomic E-state index is -1.82. The average molecular weight is 299 g/mol. The number of imide groups is 1. The van der Waals surface area contributed by atoms with Crippen molar-refractivity contribution in [1.82, 2.24) is 10.6 Å². The predicted octanol–water partition coefficient (Wildman–Crippen LogP) is 0.822. The lowest BCUT2D eigenvalue weighted by molar-refractivity contribution is -0.124. The Morgan fingerprint density at radius 3 is 2.50 bits per heavy atom. The number of aliphatic imine (C=N–C) groups is 1. The van der Waals surface area contributed by atoms with Gasteiger partial charge in [-0.1, -0.05) is 35.4 Å². The van der Waals surface area contributed by atoms with Gasteiger partial charge in [0.25, 0.3) is 5.91 Å². The van der Waals surface area contributed by atoms with Crippen LogP contribution in [-0.2, 0) is 4.79 Å². The average Bonchev–Trinajstić information content (AvgIpc) is 2.49. The van der Waals surface area contributed by atoms with Crippen LogP contribution in [0.25, 0.3) is 0 Å². The van der Waals surface area contributed by atoms with E-state index in [1.807, 2.05) is 5.32 Å². The molecule has 1 atom stereocenters. The Balaban J connectivity index is 2.01. The number of rotatable bonds is 3. The molecule has 0 saturated heterocycles. The minimum absolute atomic E-state index is 0.301. The van der Waals surface area contributed by atoms with Gasteiger partial charge in [0.1, 0.15) is 0 Å². The maximum atomic E-state index is 12.4. The molecule has 110 valence electrons. The highest BCUT2D eigenvalue weighted by Crippen LogP contribution is 2.24. The van der Waals surface area contributed by atoms with Crippen LogP contribution in [0.2, 0.25) is 0 Å². The number of carbonyl (C=O) groups excluding carboxylic acids is 4. The van der Waals surface area contributed by atoms with Gasteiger partial charge in [0, 0.05) is 5.56 Å². The van der Waals surface area contributed by atoms with Crippen LogP contribution in [0.4, 0.5) is 9.59 Å². The molecule has 2 heterocycles. The number of nitrogens with one attached hydrogen (secondary N) is 2. The van der Waals surface area contributed by atoms with Crippen LogP contribution in [0.1, 0.15) is 16.8 Å². The van der Waals surface area contributed by atoms with Gasteiger partial charge in [0.15, 0.2) is 17.2 Å². The standard InChI is InChI=1S/C13H9N5O4/c19-8(7-4-2-1-3-5-7)6-13-9(17-18-12(22)16-13)14-11(21)15-10(13)20/h1-5H,6H2,(H,16,22)(H,15,20,21). The summed E-state index contributed by atoms with van der Waals surface area (Å²) in [5.74, 6) is -1.57. The fraction of sp³-hybridized carbons (Fsp3) is 0.154. The molecule has 9 heteroatoms. The first kappa shape index (κ1) is 13.7. The summed E-state index contributed by atoms with van der Waals surface area (Å²) in [6.45, 7) is 0. The van der Waals surface area contributed by atoms with E-state index in [0.29, 0.717) is 5.56 Å². The molecule has 9 nitrogen and oxygen atoms in total. The summed E-state index contributed by atoms with van der Waals surface area (Å²) in [7, 11) is 0. The summed E-state index contributed by atoms with van der Waals surface area (Å²) in [5, 5.41) is 10.9. The third-order valence-electron chi connectivity index (χ3n) is 3.27. The molecule has 0 bridgehead atoms. The van der Waals surface area contributed by atoms with E-state index in [9.17, 15) is 19.2 Å². The predicted molar refractivity (Wildman–Crippen MR) is 72.5 cm³/mol.